The van der Waals surface area contributed by atoms with E-state index in [4.69, 9.17) is 4.74 Å². The van der Waals surface area contributed by atoms with E-state index in [1.54, 1.807) is 19.3 Å². The number of nitrogens with zero attached hydrogens (tertiary/aromatic N) is 1. The van der Waals surface area contributed by atoms with Crippen LogP contribution in [-0.4, -0.2) is 22.6 Å². The fourth-order valence-corrected chi connectivity index (χ4v) is 1.55. The van der Waals surface area contributed by atoms with Crippen molar-refractivity contribution in [2.75, 3.05) is 5.32 Å². The number of pyridine rings is 1. The lowest BCUT2D eigenvalue weighted by atomic mass is 10.2. The second kappa shape index (κ2) is 5.49. The Morgan fingerprint density at radius 3 is 2.65 bits per heavy atom. The summed E-state index contributed by atoms with van der Waals surface area (Å²) in [6.07, 6.45) is 3.34. The molecule has 1 aromatic heterocycles. The third kappa shape index (κ3) is 5.17. The van der Waals surface area contributed by atoms with Crippen LogP contribution in [0.3, 0.4) is 0 Å². The van der Waals surface area contributed by atoms with E-state index in [2.05, 4.69) is 26.2 Å². The molecule has 0 aromatic carbocycles. The predicted molar refractivity (Wildman–Crippen MR) is 70.9 cm³/mol. The molecule has 0 amide bonds. The van der Waals surface area contributed by atoms with Gasteiger partial charge in [0.1, 0.15) is 11.6 Å². The molecule has 1 N–H and O–H groups in total. The van der Waals surface area contributed by atoms with Crippen LogP contribution in [0.5, 0.6) is 0 Å². The summed E-state index contributed by atoms with van der Waals surface area (Å²) in [7, 11) is 0. The molecule has 4 nitrogen and oxygen atoms in total. The van der Waals surface area contributed by atoms with Gasteiger partial charge >= 0.3 is 5.97 Å². The third-order valence-electron chi connectivity index (χ3n) is 1.85. The number of esters is 1. The van der Waals surface area contributed by atoms with Crippen molar-refractivity contribution in [2.24, 2.45) is 0 Å². The third-order valence-corrected chi connectivity index (χ3v) is 2.28. The predicted octanol–water partition coefficient (Wildman–Crippen LogP) is 2.99. The van der Waals surface area contributed by atoms with Gasteiger partial charge in [0.15, 0.2) is 0 Å². The van der Waals surface area contributed by atoms with Gasteiger partial charge in [-0.25, -0.2) is 4.79 Å². The van der Waals surface area contributed by atoms with Gasteiger partial charge in [-0.15, -0.1) is 0 Å². The van der Waals surface area contributed by atoms with Crippen LogP contribution in [0.15, 0.2) is 22.9 Å². The Bertz CT molecular complexity index is 402. The molecule has 0 saturated carbocycles. The molecule has 1 aromatic rings. The van der Waals surface area contributed by atoms with Gasteiger partial charge in [-0.3, -0.25) is 4.98 Å². The molecule has 0 aliphatic heterocycles. The normalized spacial score (nSPS) is 13.0. The van der Waals surface area contributed by atoms with E-state index in [0.29, 0.717) is 0 Å². The van der Waals surface area contributed by atoms with E-state index in [-0.39, 0.29) is 5.97 Å². The highest BCUT2D eigenvalue weighted by Crippen LogP contribution is 2.15. The average Bonchev–Trinajstić information content (AvgIpc) is 2.14. The lowest BCUT2D eigenvalue weighted by Gasteiger charge is -2.23. The number of rotatable bonds is 3. The van der Waals surface area contributed by atoms with Gasteiger partial charge in [0.25, 0.3) is 0 Å². The molecule has 0 fully saturated rings. The highest BCUT2D eigenvalue weighted by Gasteiger charge is 2.21. The molecule has 1 unspecified atom stereocenters. The van der Waals surface area contributed by atoms with Crippen LogP contribution in [0, 0.1) is 0 Å². The fourth-order valence-electron chi connectivity index (χ4n) is 1.19. The number of aromatic nitrogens is 1. The molecule has 0 saturated heterocycles. The summed E-state index contributed by atoms with van der Waals surface area (Å²) in [4.78, 5) is 15.7. The zero-order valence-corrected chi connectivity index (χ0v) is 12.0. The molecular weight excluding hydrogens is 284 g/mol. The Labute approximate surface area is 110 Å². The van der Waals surface area contributed by atoms with Crippen molar-refractivity contribution in [1.82, 2.24) is 4.98 Å². The molecule has 0 spiro atoms. The van der Waals surface area contributed by atoms with Gasteiger partial charge in [-0.05, 0) is 49.7 Å². The Hall–Kier alpha value is -1.10. The average molecular weight is 301 g/mol. The lowest BCUT2D eigenvalue weighted by molar-refractivity contribution is -0.155. The summed E-state index contributed by atoms with van der Waals surface area (Å²) in [5.41, 5.74) is 0.306. The van der Waals surface area contributed by atoms with Crippen molar-refractivity contribution in [3.8, 4) is 0 Å². The highest BCUT2D eigenvalue weighted by atomic mass is 79.9. The first-order valence-electron chi connectivity index (χ1n) is 5.38. The minimum absolute atomic E-state index is 0.280. The van der Waals surface area contributed by atoms with Gasteiger partial charge in [0, 0.05) is 10.7 Å². The number of nitrogens with one attached hydrogen (secondary N) is 1. The van der Waals surface area contributed by atoms with E-state index in [1.165, 1.54) is 0 Å². The Balaban J connectivity index is 2.60. The Morgan fingerprint density at radius 2 is 2.12 bits per heavy atom. The molecule has 1 rings (SSSR count). The van der Waals surface area contributed by atoms with Gasteiger partial charge in [-0.1, -0.05) is 0 Å². The van der Waals surface area contributed by atoms with Crippen molar-refractivity contribution < 1.29 is 9.53 Å². The fraction of sp³-hybridized carbons (Fsp3) is 0.500. The number of ether oxygens (including phenoxy) is 1. The smallest absolute Gasteiger partial charge is 0.328 e. The number of carbonyl (C=O) groups is 1. The van der Waals surface area contributed by atoms with Gasteiger partial charge in [-0.2, -0.15) is 0 Å². The van der Waals surface area contributed by atoms with Crippen LogP contribution in [0.1, 0.15) is 27.7 Å². The number of carbonyl (C=O) groups excluding carboxylic acids is 1. The largest absolute Gasteiger partial charge is 0.458 e. The van der Waals surface area contributed by atoms with Crippen molar-refractivity contribution in [3.63, 3.8) is 0 Å². The van der Waals surface area contributed by atoms with E-state index in [1.807, 2.05) is 26.8 Å². The van der Waals surface area contributed by atoms with Crippen molar-refractivity contribution in [1.29, 1.82) is 0 Å². The van der Waals surface area contributed by atoms with Crippen molar-refractivity contribution in [2.45, 2.75) is 39.3 Å². The lowest BCUT2D eigenvalue weighted by Crippen LogP contribution is -2.34. The van der Waals surface area contributed by atoms with Gasteiger partial charge in [0.05, 0.1) is 11.9 Å². The summed E-state index contributed by atoms with van der Waals surface area (Å²) < 4.78 is 6.13. The molecule has 5 heteroatoms. The van der Waals surface area contributed by atoms with E-state index >= 15 is 0 Å². The maximum atomic E-state index is 11.7. The summed E-state index contributed by atoms with van der Waals surface area (Å²) in [6, 6.07) is 1.44. The summed E-state index contributed by atoms with van der Waals surface area (Å²) >= 11 is 3.32. The quantitative estimate of drug-likeness (QED) is 0.872. The van der Waals surface area contributed by atoms with E-state index < -0.39 is 11.6 Å². The Morgan fingerprint density at radius 1 is 1.47 bits per heavy atom. The minimum Gasteiger partial charge on any atom is -0.458 e. The number of hydrogen-bond acceptors (Lipinski definition) is 4. The minimum atomic E-state index is -0.470. The highest BCUT2D eigenvalue weighted by molar-refractivity contribution is 9.10. The summed E-state index contributed by atoms with van der Waals surface area (Å²) in [5.74, 6) is -0.280. The number of hydrogen-bond donors (Lipinski definition) is 1. The second-order valence-electron chi connectivity index (χ2n) is 4.79. The van der Waals surface area contributed by atoms with Crippen LogP contribution in [0.4, 0.5) is 5.69 Å². The zero-order chi connectivity index (χ0) is 13.1. The first kappa shape index (κ1) is 14.0. The molecule has 0 aliphatic carbocycles. The van der Waals surface area contributed by atoms with Gasteiger partial charge < -0.3 is 10.1 Å². The topological polar surface area (TPSA) is 51.2 Å². The van der Waals surface area contributed by atoms with Gasteiger partial charge in [0.2, 0.25) is 0 Å². The monoisotopic (exact) mass is 300 g/mol. The molecule has 17 heavy (non-hydrogen) atoms. The zero-order valence-electron chi connectivity index (χ0n) is 10.5. The standard InChI is InChI=1S/C12H17BrN2O2/c1-8(11(16)17-12(2,3)4)15-10-5-9(13)6-14-7-10/h5-8,15H,1-4H3. The van der Waals surface area contributed by atoms with Crippen LogP contribution >= 0.6 is 15.9 Å². The van der Waals surface area contributed by atoms with Crippen LogP contribution in [0.2, 0.25) is 0 Å². The van der Waals surface area contributed by atoms with Crippen LogP contribution in [-0.2, 0) is 9.53 Å². The van der Waals surface area contributed by atoms with Crippen molar-refractivity contribution in [3.05, 3.63) is 22.9 Å². The first-order valence-corrected chi connectivity index (χ1v) is 6.17. The van der Waals surface area contributed by atoms with Crippen LogP contribution < -0.4 is 5.32 Å². The molecule has 94 valence electrons. The van der Waals surface area contributed by atoms with E-state index in [0.717, 1.165) is 10.2 Å². The first-order chi connectivity index (χ1) is 7.78. The van der Waals surface area contributed by atoms with Crippen molar-refractivity contribution >= 4 is 27.6 Å². The SMILES string of the molecule is CC(Nc1cncc(Br)c1)C(=O)OC(C)(C)C. The number of anilines is 1. The molecule has 0 aliphatic rings. The molecule has 1 atom stereocenters. The molecule has 0 bridgehead atoms. The van der Waals surface area contributed by atoms with E-state index in [9.17, 15) is 4.79 Å². The molecule has 1 heterocycles. The summed E-state index contributed by atoms with van der Waals surface area (Å²) in [5, 5.41) is 3.04. The second-order valence-corrected chi connectivity index (χ2v) is 5.71. The molecular formula is C12H17BrN2O2. The molecule has 0 radical (unpaired) electrons. The number of halogens is 1. The maximum Gasteiger partial charge on any atom is 0.328 e. The van der Waals surface area contributed by atoms with Crippen LogP contribution in [0.25, 0.3) is 0 Å². The Kier molecular flexibility index (Phi) is 4.51. The summed E-state index contributed by atoms with van der Waals surface area (Å²) in [6.45, 7) is 7.30. The maximum absolute atomic E-state index is 11.7.